The van der Waals surface area contributed by atoms with Gasteiger partial charge >= 0.3 is 0 Å². The van der Waals surface area contributed by atoms with E-state index in [2.05, 4.69) is 20.6 Å². The van der Waals surface area contributed by atoms with E-state index in [1.54, 1.807) is 6.20 Å². The first-order valence-corrected chi connectivity index (χ1v) is 9.42. The zero-order chi connectivity index (χ0) is 17.1. The molecule has 0 aliphatic carbocycles. The quantitative estimate of drug-likeness (QED) is 0.723. The van der Waals surface area contributed by atoms with Crippen LogP contribution in [0.1, 0.15) is 39.8 Å². The summed E-state index contributed by atoms with van der Waals surface area (Å²) in [6.07, 6.45) is 9.62. The molecule has 1 fully saturated rings. The minimum absolute atomic E-state index is 0.144. The fraction of sp³-hybridized carbons (Fsp3) is 0.316. The number of nitrogens with zero attached hydrogens (tertiary/aromatic N) is 4. The fourth-order valence-corrected chi connectivity index (χ4v) is 4.12. The molecule has 1 atom stereocenters. The molecule has 5 nitrogen and oxygen atoms in total. The van der Waals surface area contributed by atoms with E-state index in [9.17, 15) is 4.79 Å². The monoisotopic (exact) mass is 352 g/mol. The summed E-state index contributed by atoms with van der Waals surface area (Å²) in [6, 6.07) is 7.86. The number of hydrogen-bond acceptors (Lipinski definition) is 4. The molecule has 4 rings (SSSR count). The molecule has 4 heterocycles. The van der Waals surface area contributed by atoms with Crippen LogP contribution in [-0.2, 0) is 6.54 Å². The molecule has 0 N–H and O–H groups in total. The summed E-state index contributed by atoms with van der Waals surface area (Å²) in [5, 5.41) is 1.95. The molecule has 3 aromatic heterocycles. The first kappa shape index (κ1) is 16.0. The molecule has 6 heteroatoms. The Labute approximate surface area is 151 Å². The van der Waals surface area contributed by atoms with Crippen LogP contribution in [0.2, 0.25) is 0 Å². The smallest absolute Gasteiger partial charge is 0.263 e. The van der Waals surface area contributed by atoms with Gasteiger partial charge in [0.2, 0.25) is 0 Å². The first-order valence-electron chi connectivity index (χ1n) is 8.54. The van der Waals surface area contributed by atoms with Crippen LogP contribution in [0.4, 0.5) is 0 Å². The summed E-state index contributed by atoms with van der Waals surface area (Å²) in [7, 11) is 0. The van der Waals surface area contributed by atoms with E-state index in [4.69, 9.17) is 0 Å². The van der Waals surface area contributed by atoms with Crippen LogP contribution < -0.4 is 0 Å². The lowest BCUT2D eigenvalue weighted by Gasteiger charge is -2.32. The fourth-order valence-electron chi connectivity index (χ4n) is 3.43. The lowest BCUT2D eigenvalue weighted by Crippen LogP contribution is -2.39. The van der Waals surface area contributed by atoms with Crippen LogP contribution in [0, 0.1) is 0 Å². The number of carbonyl (C=O) groups excluding carboxylic acids is 1. The maximum atomic E-state index is 12.7. The minimum atomic E-state index is 0.144. The second kappa shape index (κ2) is 7.19. The van der Waals surface area contributed by atoms with Gasteiger partial charge in [-0.25, -0.2) is 4.98 Å². The van der Waals surface area contributed by atoms with E-state index in [1.807, 2.05) is 47.1 Å². The zero-order valence-corrected chi connectivity index (χ0v) is 14.7. The standard InChI is InChI=1S/C19H20N4OS/c24-19(17-6-3-11-25-17)23-9-2-5-16(14-23)18-21-8-10-22(18)13-15-4-1-7-20-12-15/h1,3-4,6-8,10-12,16H,2,5,9,13-14H2. The molecule has 0 aromatic carbocycles. The highest BCUT2D eigenvalue weighted by Crippen LogP contribution is 2.27. The number of thiophene rings is 1. The molecule has 25 heavy (non-hydrogen) atoms. The third kappa shape index (κ3) is 3.49. The van der Waals surface area contributed by atoms with Crippen LogP contribution in [0.15, 0.2) is 54.4 Å². The summed E-state index contributed by atoms with van der Waals surface area (Å²) in [6.45, 7) is 2.33. The molecule has 3 aromatic rings. The largest absolute Gasteiger partial charge is 0.337 e. The van der Waals surface area contributed by atoms with Gasteiger partial charge in [-0.2, -0.15) is 0 Å². The summed E-state index contributed by atoms with van der Waals surface area (Å²) < 4.78 is 2.18. The third-order valence-corrected chi connectivity index (χ3v) is 5.49. The Kier molecular flexibility index (Phi) is 4.61. The van der Waals surface area contributed by atoms with Gasteiger partial charge in [0, 0.05) is 43.8 Å². The number of likely N-dealkylation sites (tertiary alicyclic amines) is 1. The third-order valence-electron chi connectivity index (χ3n) is 4.63. The average Bonchev–Trinajstić information content (AvgIpc) is 3.34. The van der Waals surface area contributed by atoms with Gasteiger partial charge in [-0.15, -0.1) is 11.3 Å². The SMILES string of the molecule is O=C(c1cccs1)N1CCCC(c2nccn2Cc2cccnc2)C1. The number of aromatic nitrogens is 3. The molecule has 1 aliphatic rings. The molecule has 1 unspecified atom stereocenters. The molecule has 1 saturated heterocycles. The van der Waals surface area contributed by atoms with Gasteiger partial charge in [-0.05, 0) is 35.9 Å². The Bertz CT molecular complexity index is 828. The van der Waals surface area contributed by atoms with Crippen molar-refractivity contribution in [3.63, 3.8) is 0 Å². The van der Waals surface area contributed by atoms with Gasteiger partial charge in [-0.1, -0.05) is 12.1 Å². The van der Waals surface area contributed by atoms with Gasteiger partial charge in [-0.3, -0.25) is 9.78 Å². The lowest BCUT2D eigenvalue weighted by molar-refractivity contribution is 0.0708. The predicted molar refractivity (Wildman–Crippen MR) is 97.8 cm³/mol. The summed E-state index contributed by atoms with van der Waals surface area (Å²) in [5.74, 6) is 1.49. The van der Waals surface area contributed by atoms with Crippen LogP contribution in [0.5, 0.6) is 0 Å². The van der Waals surface area contributed by atoms with E-state index in [0.29, 0.717) is 0 Å². The molecule has 1 amide bonds. The maximum Gasteiger partial charge on any atom is 0.263 e. The van der Waals surface area contributed by atoms with Gasteiger partial charge < -0.3 is 9.47 Å². The zero-order valence-electron chi connectivity index (χ0n) is 13.9. The van der Waals surface area contributed by atoms with Gasteiger partial charge in [0.15, 0.2) is 0 Å². The van der Waals surface area contributed by atoms with Gasteiger partial charge in [0.25, 0.3) is 5.91 Å². The predicted octanol–water partition coefficient (Wildman–Crippen LogP) is 3.41. The van der Waals surface area contributed by atoms with E-state index in [-0.39, 0.29) is 11.8 Å². The van der Waals surface area contributed by atoms with Crippen LogP contribution in [0.25, 0.3) is 0 Å². The maximum absolute atomic E-state index is 12.7. The van der Waals surface area contributed by atoms with Crippen LogP contribution in [-0.4, -0.2) is 38.4 Å². The van der Waals surface area contributed by atoms with Crippen molar-refractivity contribution >= 4 is 17.2 Å². The van der Waals surface area contributed by atoms with Crippen molar-refractivity contribution in [2.45, 2.75) is 25.3 Å². The van der Waals surface area contributed by atoms with Crippen molar-refractivity contribution in [2.75, 3.05) is 13.1 Å². The molecule has 0 bridgehead atoms. The molecule has 0 spiro atoms. The second-order valence-corrected chi connectivity index (χ2v) is 7.29. The minimum Gasteiger partial charge on any atom is -0.337 e. The van der Waals surface area contributed by atoms with Crippen LogP contribution >= 0.6 is 11.3 Å². The Morgan fingerprint density at radius 3 is 3.04 bits per heavy atom. The molecular weight excluding hydrogens is 332 g/mol. The highest BCUT2D eigenvalue weighted by atomic mass is 32.1. The summed E-state index contributed by atoms with van der Waals surface area (Å²) >= 11 is 1.51. The van der Waals surface area contributed by atoms with Crippen molar-refractivity contribution in [1.29, 1.82) is 0 Å². The number of rotatable bonds is 4. The number of pyridine rings is 1. The first-order chi connectivity index (χ1) is 12.3. The normalized spacial score (nSPS) is 17.6. The van der Waals surface area contributed by atoms with Gasteiger partial charge in [0.05, 0.1) is 11.4 Å². The van der Waals surface area contributed by atoms with Gasteiger partial charge in [0.1, 0.15) is 5.82 Å². The van der Waals surface area contributed by atoms with E-state index >= 15 is 0 Å². The highest BCUT2D eigenvalue weighted by molar-refractivity contribution is 7.12. The topological polar surface area (TPSA) is 51.0 Å². The van der Waals surface area contributed by atoms with Crippen molar-refractivity contribution in [3.05, 3.63) is 70.7 Å². The van der Waals surface area contributed by atoms with E-state index in [1.165, 1.54) is 11.3 Å². The number of hydrogen-bond donors (Lipinski definition) is 0. The van der Waals surface area contributed by atoms with E-state index < -0.39 is 0 Å². The Morgan fingerprint density at radius 1 is 1.28 bits per heavy atom. The number of carbonyl (C=O) groups is 1. The number of imidazole rings is 1. The molecule has 0 saturated carbocycles. The van der Waals surface area contributed by atoms with E-state index in [0.717, 1.165) is 48.7 Å². The second-order valence-electron chi connectivity index (χ2n) is 6.34. The van der Waals surface area contributed by atoms with Crippen LogP contribution in [0.3, 0.4) is 0 Å². The summed E-state index contributed by atoms with van der Waals surface area (Å²) in [4.78, 5) is 24.2. The van der Waals surface area contributed by atoms with Crippen molar-refractivity contribution < 1.29 is 4.79 Å². The Hall–Kier alpha value is -2.47. The highest BCUT2D eigenvalue weighted by Gasteiger charge is 2.28. The molecular formula is C19H20N4OS. The number of piperidine rings is 1. The Morgan fingerprint density at radius 2 is 2.24 bits per heavy atom. The molecule has 1 aliphatic heterocycles. The molecule has 0 radical (unpaired) electrons. The van der Waals surface area contributed by atoms with Crippen molar-refractivity contribution in [1.82, 2.24) is 19.4 Å². The number of amides is 1. The average molecular weight is 352 g/mol. The summed E-state index contributed by atoms with van der Waals surface area (Å²) in [5.41, 5.74) is 1.16. The van der Waals surface area contributed by atoms with Crippen molar-refractivity contribution in [2.24, 2.45) is 0 Å². The molecule has 128 valence electrons. The van der Waals surface area contributed by atoms with Crippen molar-refractivity contribution in [3.8, 4) is 0 Å². The Balaban J connectivity index is 1.50. The lowest BCUT2D eigenvalue weighted by atomic mass is 9.97.